The summed E-state index contributed by atoms with van der Waals surface area (Å²) in [7, 11) is 2.04. The minimum Gasteiger partial charge on any atom is -0.477 e. The first-order valence-corrected chi connectivity index (χ1v) is 9.78. The van der Waals surface area contributed by atoms with Gasteiger partial charge in [-0.2, -0.15) is 0 Å². The van der Waals surface area contributed by atoms with Crippen molar-refractivity contribution in [3.63, 3.8) is 0 Å². The highest BCUT2D eigenvalue weighted by molar-refractivity contribution is 8.00. The van der Waals surface area contributed by atoms with Crippen LogP contribution in [0.5, 0.6) is 0 Å². The maximum Gasteiger partial charge on any atom is 0.342 e. The van der Waals surface area contributed by atoms with Gasteiger partial charge in [-0.3, -0.25) is 9.69 Å². The SMILES string of the molecule is CN1CC2=C(C1)CN(c1cc3c(cc1F)c(=O)c(C(=O)O)c1n3C(CF)S1)C2. The Morgan fingerprint density at radius 2 is 1.93 bits per heavy atom. The van der Waals surface area contributed by atoms with Crippen molar-refractivity contribution in [2.24, 2.45) is 0 Å². The quantitative estimate of drug-likeness (QED) is 0.792. The van der Waals surface area contributed by atoms with Gasteiger partial charge < -0.3 is 14.6 Å². The zero-order valence-electron chi connectivity index (χ0n) is 15.0. The van der Waals surface area contributed by atoms with Crippen molar-refractivity contribution in [2.75, 3.05) is 44.8 Å². The molecule has 9 heteroatoms. The van der Waals surface area contributed by atoms with Crippen LogP contribution in [0.3, 0.4) is 0 Å². The van der Waals surface area contributed by atoms with E-state index < -0.39 is 34.8 Å². The Hall–Kier alpha value is -2.39. The zero-order valence-corrected chi connectivity index (χ0v) is 15.9. The van der Waals surface area contributed by atoms with Gasteiger partial charge in [-0.1, -0.05) is 11.8 Å². The van der Waals surface area contributed by atoms with E-state index in [0.29, 0.717) is 24.3 Å². The van der Waals surface area contributed by atoms with Crippen LogP contribution in [0.25, 0.3) is 10.9 Å². The zero-order chi connectivity index (χ0) is 19.7. The number of halogens is 2. The van der Waals surface area contributed by atoms with E-state index in [1.165, 1.54) is 15.7 Å². The Morgan fingerprint density at radius 3 is 2.54 bits per heavy atom. The highest BCUT2D eigenvalue weighted by Gasteiger charge is 2.36. The van der Waals surface area contributed by atoms with E-state index in [1.807, 2.05) is 11.9 Å². The van der Waals surface area contributed by atoms with Crippen molar-refractivity contribution in [3.05, 3.63) is 44.9 Å². The molecule has 4 heterocycles. The summed E-state index contributed by atoms with van der Waals surface area (Å²) in [6.45, 7) is 2.26. The monoisotopic (exact) mass is 405 g/mol. The van der Waals surface area contributed by atoms with Crippen molar-refractivity contribution < 1.29 is 18.7 Å². The smallest absolute Gasteiger partial charge is 0.342 e. The van der Waals surface area contributed by atoms with Gasteiger partial charge in [0, 0.05) is 31.6 Å². The molecular weight excluding hydrogens is 388 g/mol. The molecule has 1 aromatic carbocycles. The van der Waals surface area contributed by atoms with E-state index in [2.05, 4.69) is 4.90 Å². The molecule has 1 N–H and O–H groups in total. The van der Waals surface area contributed by atoms with E-state index >= 15 is 0 Å². The molecule has 146 valence electrons. The number of hydrogen-bond donors (Lipinski definition) is 1. The molecule has 3 aliphatic rings. The number of benzene rings is 1. The van der Waals surface area contributed by atoms with Crippen molar-refractivity contribution >= 4 is 34.3 Å². The number of carboxylic acids is 1. The molecule has 0 amide bonds. The number of rotatable bonds is 3. The van der Waals surface area contributed by atoms with Gasteiger partial charge in [0.2, 0.25) is 5.43 Å². The van der Waals surface area contributed by atoms with Crippen LogP contribution >= 0.6 is 11.8 Å². The minimum absolute atomic E-state index is 0.0272. The molecule has 1 unspecified atom stereocenters. The predicted octanol–water partition coefficient (Wildman–Crippen LogP) is 2.47. The number of aromatic nitrogens is 1. The summed E-state index contributed by atoms with van der Waals surface area (Å²) in [6, 6.07) is 2.66. The number of thioether (sulfide) groups is 1. The Balaban J connectivity index is 1.65. The van der Waals surface area contributed by atoms with Crippen LogP contribution in [0.1, 0.15) is 15.7 Å². The molecule has 0 fully saturated rings. The van der Waals surface area contributed by atoms with Gasteiger partial charge in [0.25, 0.3) is 0 Å². The first-order chi connectivity index (χ1) is 13.4. The molecule has 0 saturated carbocycles. The van der Waals surface area contributed by atoms with Crippen LogP contribution in [0.2, 0.25) is 0 Å². The Kier molecular flexibility index (Phi) is 3.82. The molecule has 1 atom stereocenters. The number of carboxylic acid groups (broad SMARTS) is 1. The highest BCUT2D eigenvalue weighted by Crippen LogP contribution is 2.47. The number of alkyl halides is 1. The topological polar surface area (TPSA) is 65.8 Å². The van der Waals surface area contributed by atoms with Crippen molar-refractivity contribution in [2.45, 2.75) is 10.4 Å². The molecule has 0 bridgehead atoms. The van der Waals surface area contributed by atoms with Crippen LogP contribution < -0.4 is 10.3 Å². The number of carbonyl (C=O) groups is 1. The molecule has 3 aliphatic heterocycles. The molecule has 0 radical (unpaired) electrons. The average Bonchev–Trinajstić information content (AvgIpc) is 3.14. The van der Waals surface area contributed by atoms with Gasteiger partial charge in [-0.05, 0) is 30.3 Å². The van der Waals surface area contributed by atoms with Gasteiger partial charge in [-0.15, -0.1) is 0 Å². The number of likely N-dealkylation sites (N-methyl/N-ethyl adjacent to an activating group) is 1. The van der Waals surface area contributed by atoms with E-state index in [9.17, 15) is 23.5 Å². The normalized spacial score (nSPS) is 21.2. The lowest BCUT2D eigenvalue weighted by molar-refractivity contribution is 0.0689. The van der Waals surface area contributed by atoms with Gasteiger partial charge in [0.15, 0.2) is 0 Å². The molecule has 0 saturated heterocycles. The first-order valence-electron chi connectivity index (χ1n) is 8.90. The maximum atomic E-state index is 14.9. The Labute approximate surface area is 163 Å². The third-order valence-corrected chi connectivity index (χ3v) is 6.87. The molecule has 0 spiro atoms. The third kappa shape index (κ3) is 2.35. The lowest BCUT2D eigenvalue weighted by Gasteiger charge is -2.34. The van der Waals surface area contributed by atoms with Gasteiger partial charge >= 0.3 is 5.97 Å². The summed E-state index contributed by atoms with van der Waals surface area (Å²) in [5.74, 6) is -1.95. The second-order valence-corrected chi connectivity index (χ2v) is 8.63. The van der Waals surface area contributed by atoms with Crippen LogP contribution in [-0.4, -0.2) is 60.4 Å². The lowest BCUT2D eigenvalue weighted by atomic mass is 10.1. The van der Waals surface area contributed by atoms with Crippen molar-refractivity contribution in [1.82, 2.24) is 9.47 Å². The summed E-state index contributed by atoms with van der Waals surface area (Å²) < 4.78 is 29.8. The molecule has 0 aliphatic carbocycles. The molecule has 2 aromatic rings. The van der Waals surface area contributed by atoms with Crippen LogP contribution in [0.15, 0.2) is 33.1 Å². The molecule has 6 nitrogen and oxygen atoms in total. The average molecular weight is 405 g/mol. The van der Waals surface area contributed by atoms with Gasteiger partial charge in [-0.25, -0.2) is 13.6 Å². The number of aromatic carboxylic acids is 1. The molecule has 5 rings (SSSR count). The maximum absolute atomic E-state index is 14.9. The largest absolute Gasteiger partial charge is 0.477 e. The van der Waals surface area contributed by atoms with Crippen LogP contribution in [0, 0.1) is 5.82 Å². The second kappa shape index (κ2) is 6.05. The Bertz CT molecular complexity index is 1130. The van der Waals surface area contributed by atoms with Gasteiger partial charge in [0.05, 0.1) is 16.2 Å². The number of hydrogen-bond acceptors (Lipinski definition) is 5. The minimum atomic E-state index is -1.38. The van der Waals surface area contributed by atoms with E-state index in [-0.39, 0.29) is 10.4 Å². The summed E-state index contributed by atoms with van der Waals surface area (Å²) in [5, 5.41) is 9.00. The van der Waals surface area contributed by atoms with E-state index in [4.69, 9.17) is 0 Å². The fourth-order valence-corrected chi connectivity index (χ4v) is 5.52. The first kappa shape index (κ1) is 17.7. The van der Waals surface area contributed by atoms with Gasteiger partial charge in [0.1, 0.15) is 23.4 Å². The fraction of sp³-hybridized carbons (Fsp3) is 0.368. The van der Waals surface area contributed by atoms with Crippen LogP contribution in [0.4, 0.5) is 14.5 Å². The molecular formula is C19H17F2N3O3S. The highest BCUT2D eigenvalue weighted by atomic mass is 32.2. The number of nitrogens with zero attached hydrogens (tertiary/aromatic N) is 3. The lowest BCUT2D eigenvalue weighted by Crippen LogP contribution is -2.31. The number of fused-ring (bicyclic) bond motifs is 3. The summed E-state index contributed by atoms with van der Waals surface area (Å²) in [5.41, 5.74) is 2.16. The predicted molar refractivity (Wildman–Crippen MR) is 103 cm³/mol. The molecule has 28 heavy (non-hydrogen) atoms. The molecule has 1 aromatic heterocycles. The van der Waals surface area contributed by atoms with E-state index in [0.717, 1.165) is 30.9 Å². The number of anilines is 1. The summed E-state index contributed by atoms with van der Waals surface area (Å²) in [6.07, 6.45) is 0. The van der Waals surface area contributed by atoms with E-state index in [1.54, 1.807) is 6.07 Å². The fourth-order valence-electron chi connectivity index (χ4n) is 4.40. The van der Waals surface area contributed by atoms with Crippen LogP contribution in [-0.2, 0) is 0 Å². The third-order valence-electron chi connectivity index (χ3n) is 5.64. The standard InChI is InChI=1S/C19H17F2N3O3S/c1-22-5-9-7-23(8-10(9)6-22)14-3-13-11(2-12(14)21)17(25)16(19(26)27)18-24(13)15(4-20)28-18/h2-3,15H,4-8H2,1H3,(H,26,27). The number of pyridine rings is 1. The second-order valence-electron chi connectivity index (χ2n) is 7.47. The van der Waals surface area contributed by atoms with Crippen molar-refractivity contribution in [3.8, 4) is 0 Å². The summed E-state index contributed by atoms with van der Waals surface area (Å²) >= 11 is 1.03. The van der Waals surface area contributed by atoms with Crippen molar-refractivity contribution in [1.29, 1.82) is 0 Å². The Morgan fingerprint density at radius 1 is 1.25 bits per heavy atom. The summed E-state index contributed by atoms with van der Waals surface area (Å²) in [4.78, 5) is 28.3.